The molecule has 0 aliphatic heterocycles. The number of rotatable bonds is 6. The third kappa shape index (κ3) is 5.87. The van der Waals surface area contributed by atoms with Gasteiger partial charge in [0, 0.05) is 6.04 Å². The number of hydrogen-bond donors (Lipinski definition) is 1. The number of alkyl carbamates (subject to hydrolysis) is 1. The van der Waals surface area contributed by atoms with E-state index in [0.29, 0.717) is 0 Å². The second-order valence-electron chi connectivity index (χ2n) is 5.13. The smallest absolute Gasteiger partial charge is 0.407 e. The third-order valence-corrected chi connectivity index (χ3v) is 3.25. The Morgan fingerprint density at radius 1 is 1.13 bits per heavy atom. The molecule has 0 aliphatic rings. The summed E-state index contributed by atoms with van der Waals surface area (Å²) in [4.78, 5) is 11.7. The van der Waals surface area contributed by atoms with Gasteiger partial charge >= 0.3 is 6.09 Å². The lowest BCUT2D eigenvalue weighted by Gasteiger charge is -2.10. The van der Waals surface area contributed by atoms with Gasteiger partial charge in [0.2, 0.25) is 0 Å². The zero-order chi connectivity index (χ0) is 16.5. The molecule has 2 aromatic carbocycles. The molecule has 23 heavy (non-hydrogen) atoms. The van der Waals surface area contributed by atoms with Gasteiger partial charge in [-0.15, -0.1) is 0 Å². The summed E-state index contributed by atoms with van der Waals surface area (Å²) in [5.41, 5.74) is 2.00. The summed E-state index contributed by atoms with van der Waals surface area (Å²) in [5.74, 6) is 0.817. The summed E-state index contributed by atoms with van der Waals surface area (Å²) >= 11 is 0. The monoisotopic (exact) mass is 311 g/mol. The van der Waals surface area contributed by atoms with Gasteiger partial charge < -0.3 is 14.8 Å². The van der Waals surface area contributed by atoms with Crippen molar-refractivity contribution >= 4 is 12.2 Å². The standard InChI is InChI=1S/C19H21NO3/c1-15(8-9-16-10-12-18(22-2)13-11-16)20-19(21)23-14-17-6-4-3-5-7-17/h3-13,15H,14H2,1-2H3,(H,20,21)/b9-8+. The molecule has 1 atom stereocenters. The van der Waals surface area contributed by atoms with Crippen molar-refractivity contribution in [2.24, 2.45) is 0 Å². The van der Waals surface area contributed by atoms with Crippen LogP contribution < -0.4 is 10.1 Å². The van der Waals surface area contributed by atoms with E-state index in [4.69, 9.17) is 9.47 Å². The fourth-order valence-electron chi connectivity index (χ4n) is 1.97. The van der Waals surface area contributed by atoms with Crippen LogP contribution in [0.15, 0.2) is 60.7 Å². The van der Waals surface area contributed by atoms with Gasteiger partial charge in [0.25, 0.3) is 0 Å². The Bertz CT molecular complexity index is 635. The molecule has 1 amide bonds. The van der Waals surface area contributed by atoms with E-state index in [-0.39, 0.29) is 12.6 Å². The predicted octanol–water partition coefficient (Wildman–Crippen LogP) is 4.02. The zero-order valence-corrected chi connectivity index (χ0v) is 13.4. The minimum Gasteiger partial charge on any atom is -0.497 e. The van der Waals surface area contributed by atoms with Crippen LogP contribution in [0.5, 0.6) is 5.75 Å². The minimum absolute atomic E-state index is 0.125. The van der Waals surface area contributed by atoms with Crippen LogP contribution in [-0.4, -0.2) is 19.2 Å². The molecule has 0 saturated carbocycles. The Hall–Kier alpha value is -2.75. The Kier molecular flexibility index (Phi) is 6.24. The Balaban J connectivity index is 1.77. The summed E-state index contributed by atoms with van der Waals surface area (Å²) in [6, 6.07) is 17.2. The number of ether oxygens (including phenoxy) is 2. The van der Waals surface area contributed by atoms with E-state index in [9.17, 15) is 4.79 Å². The molecule has 0 heterocycles. The Labute approximate surface area is 136 Å². The lowest BCUT2D eigenvalue weighted by atomic mass is 10.2. The summed E-state index contributed by atoms with van der Waals surface area (Å²) < 4.78 is 10.3. The van der Waals surface area contributed by atoms with E-state index < -0.39 is 6.09 Å². The molecule has 0 bridgehead atoms. The van der Waals surface area contributed by atoms with Crippen molar-refractivity contribution in [2.75, 3.05) is 7.11 Å². The lowest BCUT2D eigenvalue weighted by Crippen LogP contribution is -2.31. The molecule has 120 valence electrons. The van der Waals surface area contributed by atoms with Crippen LogP contribution in [0.4, 0.5) is 4.79 Å². The molecular weight excluding hydrogens is 290 g/mol. The van der Waals surface area contributed by atoms with Gasteiger partial charge in [-0.2, -0.15) is 0 Å². The molecule has 2 aromatic rings. The normalized spacial score (nSPS) is 11.9. The largest absolute Gasteiger partial charge is 0.497 e. The molecule has 0 fully saturated rings. The molecule has 2 rings (SSSR count). The number of nitrogens with one attached hydrogen (secondary N) is 1. The van der Waals surface area contributed by atoms with E-state index >= 15 is 0 Å². The maximum atomic E-state index is 11.7. The van der Waals surface area contributed by atoms with Crippen molar-refractivity contribution in [3.63, 3.8) is 0 Å². The SMILES string of the molecule is COc1ccc(/C=C/C(C)NC(=O)OCc2ccccc2)cc1. The molecule has 1 unspecified atom stereocenters. The van der Waals surface area contributed by atoms with Gasteiger partial charge in [0.15, 0.2) is 0 Å². The lowest BCUT2D eigenvalue weighted by molar-refractivity contribution is 0.138. The van der Waals surface area contributed by atoms with Crippen molar-refractivity contribution in [3.8, 4) is 5.75 Å². The van der Waals surface area contributed by atoms with Gasteiger partial charge in [-0.05, 0) is 30.2 Å². The molecule has 0 radical (unpaired) electrons. The number of hydrogen-bond acceptors (Lipinski definition) is 3. The van der Waals surface area contributed by atoms with Gasteiger partial charge in [-0.25, -0.2) is 4.79 Å². The van der Waals surface area contributed by atoms with Crippen LogP contribution in [0.1, 0.15) is 18.1 Å². The second-order valence-corrected chi connectivity index (χ2v) is 5.13. The first-order valence-corrected chi connectivity index (χ1v) is 7.47. The topological polar surface area (TPSA) is 47.6 Å². The van der Waals surface area contributed by atoms with Crippen LogP contribution in [0.2, 0.25) is 0 Å². The van der Waals surface area contributed by atoms with Crippen molar-refractivity contribution in [1.82, 2.24) is 5.32 Å². The van der Waals surface area contributed by atoms with Gasteiger partial charge in [0.05, 0.1) is 7.11 Å². The highest BCUT2D eigenvalue weighted by Crippen LogP contribution is 2.12. The van der Waals surface area contributed by atoms with Crippen LogP contribution >= 0.6 is 0 Å². The highest BCUT2D eigenvalue weighted by molar-refractivity contribution is 5.68. The summed E-state index contributed by atoms with van der Waals surface area (Å²) in [5, 5.41) is 2.77. The molecule has 4 nitrogen and oxygen atoms in total. The molecule has 1 N–H and O–H groups in total. The first-order chi connectivity index (χ1) is 11.2. The minimum atomic E-state index is -0.430. The fourth-order valence-corrected chi connectivity index (χ4v) is 1.97. The maximum Gasteiger partial charge on any atom is 0.407 e. The van der Waals surface area contributed by atoms with Crippen molar-refractivity contribution in [3.05, 3.63) is 71.8 Å². The van der Waals surface area contributed by atoms with E-state index in [0.717, 1.165) is 16.9 Å². The number of benzene rings is 2. The first-order valence-electron chi connectivity index (χ1n) is 7.47. The van der Waals surface area contributed by atoms with Gasteiger partial charge in [-0.1, -0.05) is 54.6 Å². The predicted molar refractivity (Wildman–Crippen MR) is 91.3 cm³/mol. The average Bonchev–Trinajstić information content (AvgIpc) is 2.59. The Morgan fingerprint density at radius 2 is 1.83 bits per heavy atom. The Morgan fingerprint density at radius 3 is 2.48 bits per heavy atom. The van der Waals surface area contributed by atoms with Gasteiger partial charge in [-0.3, -0.25) is 0 Å². The van der Waals surface area contributed by atoms with Crippen molar-refractivity contribution in [1.29, 1.82) is 0 Å². The first kappa shape index (κ1) is 16.6. The average molecular weight is 311 g/mol. The highest BCUT2D eigenvalue weighted by Gasteiger charge is 2.05. The summed E-state index contributed by atoms with van der Waals surface area (Å²) in [6.07, 6.45) is 3.42. The molecular formula is C19H21NO3. The number of carbonyl (C=O) groups is 1. The van der Waals surface area contributed by atoms with Crippen molar-refractivity contribution < 1.29 is 14.3 Å². The van der Waals surface area contributed by atoms with Crippen LogP contribution in [0.3, 0.4) is 0 Å². The van der Waals surface area contributed by atoms with Crippen molar-refractivity contribution in [2.45, 2.75) is 19.6 Å². The van der Waals surface area contributed by atoms with E-state index in [2.05, 4.69) is 5.32 Å². The molecule has 0 aliphatic carbocycles. The quantitative estimate of drug-likeness (QED) is 0.876. The van der Waals surface area contributed by atoms with Gasteiger partial charge in [0.1, 0.15) is 12.4 Å². The molecule has 0 spiro atoms. The zero-order valence-electron chi connectivity index (χ0n) is 13.4. The number of methoxy groups -OCH3 is 1. The number of amides is 1. The molecule has 4 heteroatoms. The van der Waals surface area contributed by atoms with Crippen LogP contribution in [0, 0.1) is 0 Å². The fraction of sp³-hybridized carbons (Fsp3) is 0.211. The van der Waals surface area contributed by atoms with E-state index in [1.807, 2.05) is 73.7 Å². The van der Waals surface area contributed by atoms with E-state index in [1.165, 1.54) is 0 Å². The molecule has 0 aromatic heterocycles. The third-order valence-electron chi connectivity index (χ3n) is 3.25. The summed E-state index contributed by atoms with van der Waals surface area (Å²) in [7, 11) is 1.64. The highest BCUT2D eigenvalue weighted by atomic mass is 16.5. The summed E-state index contributed by atoms with van der Waals surface area (Å²) in [6.45, 7) is 2.16. The second kappa shape index (κ2) is 8.63. The number of carbonyl (C=O) groups excluding carboxylic acids is 1. The maximum absolute atomic E-state index is 11.7. The van der Waals surface area contributed by atoms with Crippen LogP contribution in [-0.2, 0) is 11.3 Å². The van der Waals surface area contributed by atoms with Crippen LogP contribution in [0.25, 0.3) is 6.08 Å². The molecule has 0 saturated heterocycles. The van der Waals surface area contributed by atoms with E-state index in [1.54, 1.807) is 7.11 Å².